The number of ether oxygens (including phenoxy) is 1. The number of sulfonamides is 1. The molecule has 0 unspecified atom stereocenters. The van der Waals surface area contributed by atoms with Gasteiger partial charge in [-0.1, -0.05) is 41.9 Å². The first kappa shape index (κ1) is 23.6. The second-order valence-corrected chi connectivity index (χ2v) is 9.76. The van der Waals surface area contributed by atoms with Gasteiger partial charge >= 0.3 is 0 Å². The van der Waals surface area contributed by atoms with Crippen LogP contribution in [-0.4, -0.2) is 27.7 Å². The molecule has 0 fully saturated rings. The van der Waals surface area contributed by atoms with Crippen LogP contribution in [0.2, 0.25) is 5.02 Å². The zero-order chi connectivity index (χ0) is 23.3. The molecule has 0 aliphatic rings. The zero-order valence-corrected chi connectivity index (χ0v) is 19.7. The Bertz CT molecular complexity index is 1180. The van der Waals surface area contributed by atoms with Crippen molar-refractivity contribution in [3.63, 3.8) is 0 Å². The molecule has 32 heavy (non-hydrogen) atoms. The van der Waals surface area contributed by atoms with E-state index in [0.717, 1.165) is 23.1 Å². The molecule has 3 rings (SSSR count). The number of rotatable bonds is 8. The van der Waals surface area contributed by atoms with E-state index >= 15 is 0 Å². The number of benzene rings is 3. The average Bonchev–Trinajstić information content (AvgIpc) is 2.77. The van der Waals surface area contributed by atoms with Crippen molar-refractivity contribution in [2.75, 3.05) is 17.7 Å². The number of anilines is 1. The summed E-state index contributed by atoms with van der Waals surface area (Å²) in [6, 6.07) is 20.9. The third kappa shape index (κ3) is 6.02. The Labute approximate surface area is 193 Å². The van der Waals surface area contributed by atoms with E-state index in [1.54, 1.807) is 55.6 Å². The first-order chi connectivity index (χ1) is 15.2. The molecule has 168 valence electrons. The van der Waals surface area contributed by atoms with Crippen LogP contribution in [0.15, 0.2) is 72.8 Å². The van der Waals surface area contributed by atoms with E-state index in [9.17, 15) is 13.2 Å². The molecule has 1 amide bonds. The number of halogens is 1. The molecule has 1 atom stereocenters. The summed E-state index contributed by atoms with van der Waals surface area (Å²) in [7, 11) is -1.92. The van der Waals surface area contributed by atoms with Gasteiger partial charge in [0.1, 0.15) is 5.75 Å². The fraction of sp³-hybridized carbons (Fsp3) is 0.208. The largest absolute Gasteiger partial charge is 0.497 e. The minimum Gasteiger partial charge on any atom is -0.497 e. The maximum Gasteiger partial charge on any atom is 0.251 e. The number of carbonyl (C=O) groups is 1. The smallest absolute Gasteiger partial charge is 0.251 e. The molecule has 6 nitrogen and oxygen atoms in total. The monoisotopic (exact) mass is 472 g/mol. The molecule has 0 aliphatic heterocycles. The molecule has 3 aromatic rings. The van der Waals surface area contributed by atoms with Gasteiger partial charge in [0, 0.05) is 10.6 Å². The minimum atomic E-state index is -3.52. The van der Waals surface area contributed by atoms with Crippen LogP contribution in [0.4, 0.5) is 5.69 Å². The minimum absolute atomic E-state index is 0.128. The van der Waals surface area contributed by atoms with Gasteiger partial charge in [-0.05, 0) is 60.5 Å². The molecular formula is C24H25ClN2O4S. The second-order valence-electron chi connectivity index (χ2n) is 7.41. The van der Waals surface area contributed by atoms with Crippen LogP contribution in [0.1, 0.15) is 34.5 Å². The van der Waals surface area contributed by atoms with Gasteiger partial charge in [-0.3, -0.25) is 9.10 Å². The normalized spacial score (nSPS) is 12.1. The molecule has 1 N–H and O–H groups in total. The predicted octanol–water partition coefficient (Wildman–Crippen LogP) is 4.81. The maximum absolute atomic E-state index is 12.6. The molecule has 0 aliphatic carbocycles. The number of methoxy groups -OCH3 is 1. The summed E-state index contributed by atoms with van der Waals surface area (Å²) in [5.41, 5.74) is 2.68. The SMILES string of the molecule is COc1ccc([C@@H](C)NC(=O)c2ccc(CN(c3cccc(Cl)c3)S(C)(=O)=O)cc2)cc1. The summed E-state index contributed by atoms with van der Waals surface area (Å²) < 4.78 is 31.1. The third-order valence-electron chi connectivity index (χ3n) is 5.00. The van der Waals surface area contributed by atoms with Crippen molar-refractivity contribution in [3.8, 4) is 5.75 Å². The summed E-state index contributed by atoms with van der Waals surface area (Å²) in [4.78, 5) is 12.6. The predicted molar refractivity (Wildman–Crippen MR) is 128 cm³/mol. The fourth-order valence-electron chi connectivity index (χ4n) is 3.21. The van der Waals surface area contributed by atoms with Gasteiger partial charge in [0.15, 0.2) is 0 Å². The summed E-state index contributed by atoms with van der Waals surface area (Å²) >= 11 is 6.03. The lowest BCUT2D eigenvalue weighted by Gasteiger charge is -2.23. The van der Waals surface area contributed by atoms with E-state index in [2.05, 4.69) is 5.32 Å². The van der Waals surface area contributed by atoms with Crippen LogP contribution in [0.3, 0.4) is 0 Å². The Balaban J connectivity index is 1.71. The van der Waals surface area contributed by atoms with E-state index in [1.165, 1.54) is 4.31 Å². The first-order valence-electron chi connectivity index (χ1n) is 9.94. The van der Waals surface area contributed by atoms with Crippen molar-refractivity contribution < 1.29 is 17.9 Å². The highest BCUT2D eigenvalue weighted by Gasteiger charge is 2.19. The van der Waals surface area contributed by atoms with Gasteiger partial charge in [-0.25, -0.2) is 8.42 Å². The standard InChI is InChI=1S/C24H25ClN2O4S/c1-17(19-11-13-23(31-2)14-12-19)26-24(28)20-9-7-18(8-10-20)16-27(32(3,29)30)22-6-4-5-21(25)15-22/h4-15,17H,16H2,1-3H3,(H,26,28)/t17-/m1/s1. The lowest BCUT2D eigenvalue weighted by molar-refractivity contribution is 0.0940. The van der Waals surface area contributed by atoms with Crippen molar-refractivity contribution in [2.24, 2.45) is 0 Å². The number of hydrogen-bond acceptors (Lipinski definition) is 4. The van der Waals surface area contributed by atoms with Crippen molar-refractivity contribution in [3.05, 3.63) is 94.5 Å². The van der Waals surface area contributed by atoms with Crippen molar-refractivity contribution in [1.82, 2.24) is 5.32 Å². The molecule has 0 saturated carbocycles. The molecule has 0 bridgehead atoms. The Morgan fingerprint density at radius 1 is 1.06 bits per heavy atom. The zero-order valence-electron chi connectivity index (χ0n) is 18.1. The summed E-state index contributed by atoms with van der Waals surface area (Å²) in [5, 5.41) is 3.42. The second kappa shape index (κ2) is 10.1. The van der Waals surface area contributed by atoms with Gasteiger partial charge in [0.05, 0.1) is 31.6 Å². The van der Waals surface area contributed by atoms with E-state index < -0.39 is 10.0 Å². The lowest BCUT2D eigenvalue weighted by Crippen LogP contribution is -2.29. The van der Waals surface area contributed by atoms with Gasteiger partial charge in [0.25, 0.3) is 5.91 Å². The topological polar surface area (TPSA) is 75.7 Å². The Kier molecular flexibility index (Phi) is 7.43. The highest BCUT2D eigenvalue weighted by Crippen LogP contribution is 2.24. The molecule has 0 aromatic heterocycles. The highest BCUT2D eigenvalue weighted by atomic mass is 35.5. The number of amides is 1. The molecule has 8 heteroatoms. The summed E-state index contributed by atoms with van der Waals surface area (Å²) in [5.74, 6) is 0.540. The summed E-state index contributed by atoms with van der Waals surface area (Å²) in [6.45, 7) is 2.03. The van der Waals surface area contributed by atoms with E-state index in [-0.39, 0.29) is 18.5 Å². The van der Waals surface area contributed by atoms with Gasteiger partial charge < -0.3 is 10.1 Å². The van der Waals surface area contributed by atoms with E-state index in [1.807, 2.05) is 31.2 Å². The first-order valence-corrected chi connectivity index (χ1v) is 12.2. The number of hydrogen-bond donors (Lipinski definition) is 1. The van der Waals surface area contributed by atoms with E-state index in [0.29, 0.717) is 16.3 Å². The van der Waals surface area contributed by atoms with Crippen molar-refractivity contribution in [1.29, 1.82) is 0 Å². The number of nitrogens with one attached hydrogen (secondary N) is 1. The highest BCUT2D eigenvalue weighted by molar-refractivity contribution is 7.92. The van der Waals surface area contributed by atoms with Gasteiger partial charge in [-0.15, -0.1) is 0 Å². The molecule has 0 heterocycles. The van der Waals surface area contributed by atoms with Crippen molar-refractivity contribution >= 4 is 33.2 Å². The summed E-state index contributed by atoms with van der Waals surface area (Å²) in [6.07, 6.45) is 1.15. The molecule has 0 radical (unpaired) electrons. The molecular weight excluding hydrogens is 448 g/mol. The van der Waals surface area contributed by atoms with Crippen molar-refractivity contribution in [2.45, 2.75) is 19.5 Å². The van der Waals surface area contributed by atoms with Crippen LogP contribution in [0, 0.1) is 0 Å². The Morgan fingerprint density at radius 3 is 2.28 bits per heavy atom. The maximum atomic E-state index is 12.6. The Morgan fingerprint density at radius 2 is 1.72 bits per heavy atom. The quantitative estimate of drug-likeness (QED) is 0.510. The van der Waals surface area contributed by atoms with Crippen LogP contribution in [0.5, 0.6) is 5.75 Å². The fourth-order valence-corrected chi connectivity index (χ4v) is 4.28. The molecule has 0 saturated heterocycles. The average molecular weight is 473 g/mol. The van der Waals surface area contributed by atoms with Crippen LogP contribution in [0.25, 0.3) is 0 Å². The Hall–Kier alpha value is -3.03. The van der Waals surface area contributed by atoms with Gasteiger partial charge in [0.2, 0.25) is 10.0 Å². The third-order valence-corrected chi connectivity index (χ3v) is 6.38. The van der Waals surface area contributed by atoms with Crippen LogP contribution >= 0.6 is 11.6 Å². The number of carbonyl (C=O) groups excluding carboxylic acids is 1. The van der Waals surface area contributed by atoms with Crippen LogP contribution < -0.4 is 14.4 Å². The van der Waals surface area contributed by atoms with Crippen LogP contribution in [-0.2, 0) is 16.6 Å². The molecule has 3 aromatic carbocycles. The molecule has 0 spiro atoms. The number of nitrogens with zero attached hydrogens (tertiary/aromatic N) is 1. The lowest BCUT2D eigenvalue weighted by atomic mass is 10.1. The van der Waals surface area contributed by atoms with E-state index in [4.69, 9.17) is 16.3 Å². The van der Waals surface area contributed by atoms with Gasteiger partial charge in [-0.2, -0.15) is 0 Å².